The quantitative estimate of drug-likeness (QED) is 0.652. The van der Waals surface area contributed by atoms with E-state index in [-0.39, 0.29) is 25.4 Å². The van der Waals surface area contributed by atoms with Crippen LogP contribution < -0.4 is 14.2 Å². The van der Waals surface area contributed by atoms with Gasteiger partial charge in [0.25, 0.3) is 0 Å². The van der Waals surface area contributed by atoms with Crippen LogP contribution in [0.5, 0.6) is 17.2 Å². The number of ketones is 1. The van der Waals surface area contributed by atoms with Gasteiger partial charge in [-0.3, -0.25) is 14.9 Å². The van der Waals surface area contributed by atoms with E-state index in [1.54, 1.807) is 12.1 Å². The molecule has 22 heavy (non-hydrogen) atoms. The van der Waals surface area contributed by atoms with Crippen molar-refractivity contribution in [3.05, 3.63) is 27.8 Å². The van der Waals surface area contributed by atoms with Crippen molar-refractivity contribution in [2.24, 2.45) is 0 Å². The van der Waals surface area contributed by atoms with Crippen LogP contribution in [0.15, 0.2) is 12.1 Å². The summed E-state index contributed by atoms with van der Waals surface area (Å²) in [5.41, 5.74) is 0.523. The van der Waals surface area contributed by atoms with Crippen molar-refractivity contribution in [3.8, 4) is 17.2 Å². The molecule has 0 saturated heterocycles. The molecule has 1 aromatic rings. The molecule has 1 N–H and O–H groups in total. The molecule has 3 rings (SSSR count). The molecule has 0 spiro atoms. The lowest BCUT2D eigenvalue weighted by Gasteiger charge is -2.29. The Hall–Kier alpha value is -2.35. The molecular weight excluding hydrogens is 294 g/mol. The first-order valence-electron chi connectivity index (χ1n) is 6.82. The number of methoxy groups -OCH3 is 1. The van der Waals surface area contributed by atoms with Crippen LogP contribution in [0.2, 0.25) is 0 Å². The lowest BCUT2D eigenvalue weighted by Crippen LogP contribution is -2.45. The van der Waals surface area contributed by atoms with E-state index >= 15 is 0 Å². The Balaban J connectivity index is 2.04. The van der Waals surface area contributed by atoms with E-state index in [0.29, 0.717) is 22.8 Å². The van der Waals surface area contributed by atoms with Crippen molar-refractivity contribution in [1.82, 2.24) is 0 Å². The summed E-state index contributed by atoms with van der Waals surface area (Å²) in [6.45, 7) is 0.0417. The van der Waals surface area contributed by atoms with E-state index < -0.39 is 23.0 Å². The SMILES string of the molecule is COc1cc([C@@H]2CC(=O)C[C@@H](O)[C@H]2[N+](=O)[O-])cc2c1OCO2. The topological polar surface area (TPSA) is 108 Å². The van der Waals surface area contributed by atoms with Crippen LogP contribution in [-0.4, -0.2) is 41.9 Å². The predicted octanol–water partition coefficient (Wildman–Crippen LogP) is 0.877. The number of fused-ring (bicyclic) bond motifs is 1. The van der Waals surface area contributed by atoms with Crippen LogP contribution >= 0.6 is 0 Å². The van der Waals surface area contributed by atoms with Crippen molar-refractivity contribution in [3.63, 3.8) is 0 Å². The highest BCUT2D eigenvalue weighted by atomic mass is 16.7. The van der Waals surface area contributed by atoms with Gasteiger partial charge in [-0.2, -0.15) is 0 Å². The Morgan fingerprint density at radius 3 is 2.82 bits per heavy atom. The number of Topliss-reactive ketones (excluding diaryl/α,β-unsaturated/α-hetero) is 1. The molecule has 1 aromatic carbocycles. The number of rotatable bonds is 3. The van der Waals surface area contributed by atoms with Gasteiger partial charge in [0.2, 0.25) is 18.6 Å². The van der Waals surface area contributed by atoms with E-state index in [0.717, 1.165) is 0 Å². The van der Waals surface area contributed by atoms with Gasteiger partial charge in [0.15, 0.2) is 11.5 Å². The van der Waals surface area contributed by atoms with Gasteiger partial charge in [-0.15, -0.1) is 0 Å². The molecule has 0 aromatic heterocycles. The molecule has 118 valence electrons. The third-order valence-electron chi connectivity index (χ3n) is 4.04. The average Bonchev–Trinajstić information content (AvgIpc) is 2.93. The van der Waals surface area contributed by atoms with Gasteiger partial charge in [0, 0.05) is 17.8 Å². The molecule has 1 aliphatic carbocycles. The maximum Gasteiger partial charge on any atom is 0.246 e. The van der Waals surface area contributed by atoms with Crippen molar-refractivity contribution in [1.29, 1.82) is 0 Å². The molecule has 0 bridgehead atoms. The summed E-state index contributed by atoms with van der Waals surface area (Å²) in [6, 6.07) is 1.97. The van der Waals surface area contributed by atoms with Crippen LogP contribution in [-0.2, 0) is 4.79 Å². The summed E-state index contributed by atoms with van der Waals surface area (Å²) in [5.74, 6) is 0.317. The van der Waals surface area contributed by atoms with Crippen molar-refractivity contribution >= 4 is 5.78 Å². The Bertz CT molecular complexity index is 630. The second kappa shape index (κ2) is 5.45. The number of nitro groups is 1. The average molecular weight is 309 g/mol. The normalized spacial score (nSPS) is 26.8. The van der Waals surface area contributed by atoms with E-state index in [9.17, 15) is 20.0 Å². The first kappa shape index (κ1) is 14.6. The van der Waals surface area contributed by atoms with Gasteiger partial charge >= 0.3 is 0 Å². The molecular formula is C14H15NO7. The zero-order valence-corrected chi connectivity index (χ0v) is 11.9. The summed E-state index contributed by atoms with van der Waals surface area (Å²) >= 11 is 0. The third-order valence-corrected chi connectivity index (χ3v) is 4.04. The number of nitrogens with zero attached hydrogens (tertiary/aromatic N) is 1. The second-order valence-electron chi connectivity index (χ2n) is 5.35. The van der Waals surface area contributed by atoms with Crippen molar-refractivity contribution in [2.45, 2.75) is 30.9 Å². The molecule has 0 amide bonds. The Labute approximate surface area is 125 Å². The molecule has 0 radical (unpaired) electrons. The zero-order valence-electron chi connectivity index (χ0n) is 11.9. The number of carbonyl (C=O) groups excluding carboxylic acids is 1. The molecule has 1 saturated carbocycles. The zero-order chi connectivity index (χ0) is 15.9. The summed E-state index contributed by atoms with van der Waals surface area (Å²) < 4.78 is 15.8. The number of aliphatic hydroxyl groups excluding tert-OH is 1. The van der Waals surface area contributed by atoms with Crippen LogP contribution in [0.25, 0.3) is 0 Å². The minimum Gasteiger partial charge on any atom is -0.493 e. The largest absolute Gasteiger partial charge is 0.493 e. The second-order valence-corrected chi connectivity index (χ2v) is 5.35. The Kier molecular flexibility index (Phi) is 3.61. The van der Waals surface area contributed by atoms with E-state index in [1.807, 2.05) is 0 Å². The highest BCUT2D eigenvalue weighted by Crippen LogP contribution is 2.45. The number of ether oxygens (including phenoxy) is 3. The number of hydrogen-bond acceptors (Lipinski definition) is 7. The fraction of sp³-hybridized carbons (Fsp3) is 0.500. The van der Waals surface area contributed by atoms with Crippen LogP contribution in [0, 0.1) is 10.1 Å². The van der Waals surface area contributed by atoms with Gasteiger partial charge in [-0.25, -0.2) is 0 Å². The molecule has 1 fully saturated rings. The van der Waals surface area contributed by atoms with Gasteiger partial charge in [0.05, 0.1) is 13.0 Å². The fourth-order valence-electron chi connectivity index (χ4n) is 3.04. The molecule has 1 heterocycles. The molecule has 8 nitrogen and oxygen atoms in total. The van der Waals surface area contributed by atoms with Crippen LogP contribution in [0.4, 0.5) is 0 Å². The molecule has 8 heteroatoms. The van der Waals surface area contributed by atoms with E-state index in [2.05, 4.69) is 0 Å². The summed E-state index contributed by atoms with van der Waals surface area (Å²) in [4.78, 5) is 22.5. The molecule has 1 aliphatic heterocycles. The minimum absolute atomic E-state index is 0.00546. The predicted molar refractivity (Wildman–Crippen MR) is 72.9 cm³/mol. The summed E-state index contributed by atoms with van der Waals surface area (Å²) in [5, 5.41) is 21.2. The molecule has 0 unspecified atom stereocenters. The lowest BCUT2D eigenvalue weighted by atomic mass is 9.78. The summed E-state index contributed by atoms with van der Waals surface area (Å²) in [6.07, 6.45) is -1.48. The number of hydrogen-bond donors (Lipinski definition) is 1. The Morgan fingerprint density at radius 1 is 1.36 bits per heavy atom. The van der Waals surface area contributed by atoms with Crippen molar-refractivity contribution < 1.29 is 29.0 Å². The molecule has 2 aliphatic rings. The van der Waals surface area contributed by atoms with Gasteiger partial charge in [0.1, 0.15) is 11.9 Å². The summed E-state index contributed by atoms with van der Waals surface area (Å²) in [7, 11) is 1.45. The van der Waals surface area contributed by atoms with Gasteiger partial charge < -0.3 is 19.3 Å². The minimum atomic E-state index is -1.29. The Morgan fingerprint density at radius 2 is 2.14 bits per heavy atom. The highest BCUT2D eigenvalue weighted by Gasteiger charge is 2.45. The monoisotopic (exact) mass is 309 g/mol. The maximum absolute atomic E-state index is 11.7. The number of benzene rings is 1. The van der Waals surface area contributed by atoms with E-state index in [1.165, 1.54) is 7.11 Å². The van der Waals surface area contributed by atoms with Crippen LogP contribution in [0.1, 0.15) is 24.3 Å². The smallest absolute Gasteiger partial charge is 0.246 e. The first-order valence-corrected chi connectivity index (χ1v) is 6.82. The van der Waals surface area contributed by atoms with Crippen LogP contribution in [0.3, 0.4) is 0 Å². The first-order chi connectivity index (χ1) is 10.5. The van der Waals surface area contributed by atoms with Crippen molar-refractivity contribution in [2.75, 3.05) is 13.9 Å². The van der Waals surface area contributed by atoms with Gasteiger partial charge in [-0.1, -0.05) is 0 Å². The third kappa shape index (κ3) is 2.35. The molecule has 3 atom stereocenters. The van der Waals surface area contributed by atoms with Gasteiger partial charge in [-0.05, 0) is 17.7 Å². The number of aliphatic hydroxyl groups is 1. The maximum atomic E-state index is 11.7. The number of carbonyl (C=O) groups is 1. The fourth-order valence-corrected chi connectivity index (χ4v) is 3.04. The lowest BCUT2D eigenvalue weighted by molar-refractivity contribution is -0.539. The standard InChI is InChI=1S/C14H15NO7/c1-20-11-2-7(3-12-14(11)22-6-21-12)9-4-8(16)5-10(17)13(9)15(18)19/h2-3,9-10,13,17H,4-6H2,1H3/t9-,10+,13-/m0/s1. The van der Waals surface area contributed by atoms with E-state index in [4.69, 9.17) is 14.2 Å². The highest BCUT2D eigenvalue weighted by molar-refractivity contribution is 5.81.